The number of aliphatic hydroxyl groups is 1. The lowest BCUT2D eigenvalue weighted by atomic mass is 9.43. The summed E-state index contributed by atoms with van der Waals surface area (Å²) in [5, 5.41) is 10.2. The van der Waals surface area contributed by atoms with Crippen LogP contribution in [0.5, 0.6) is 0 Å². The minimum atomic E-state index is -3.58. The van der Waals surface area contributed by atoms with Crippen molar-refractivity contribution in [1.29, 1.82) is 0 Å². The first-order valence-electron chi connectivity index (χ1n) is 7.18. The maximum Gasteiger partial charge on any atom is 0.270 e. The smallest absolute Gasteiger partial charge is 0.270 e. The molecular weight excluding hydrogens is 264 g/mol. The van der Waals surface area contributed by atoms with Gasteiger partial charge in [-0.1, -0.05) is 20.8 Å². The predicted molar refractivity (Wildman–Crippen MR) is 74.2 cm³/mol. The molecule has 5 atom stereocenters. The van der Waals surface area contributed by atoms with E-state index in [9.17, 15) is 13.5 Å². The molecular formula is C14H26O4S. The lowest BCUT2D eigenvalue weighted by Gasteiger charge is -2.64. The van der Waals surface area contributed by atoms with Gasteiger partial charge in [0, 0.05) is 0 Å². The van der Waals surface area contributed by atoms with E-state index in [-0.39, 0.29) is 11.3 Å². The van der Waals surface area contributed by atoms with E-state index >= 15 is 0 Å². The third-order valence-corrected chi connectivity index (χ3v) is 7.46. The van der Waals surface area contributed by atoms with Crippen LogP contribution >= 0.6 is 0 Å². The molecule has 0 radical (unpaired) electrons. The van der Waals surface area contributed by atoms with Crippen LogP contribution < -0.4 is 0 Å². The van der Waals surface area contributed by atoms with Gasteiger partial charge in [-0.25, -0.2) is 0 Å². The van der Waals surface area contributed by atoms with Crippen molar-refractivity contribution < 1.29 is 17.7 Å². The van der Waals surface area contributed by atoms with E-state index in [4.69, 9.17) is 4.18 Å². The van der Waals surface area contributed by atoms with E-state index in [1.165, 1.54) is 0 Å². The topological polar surface area (TPSA) is 63.6 Å². The molecule has 3 saturated carbocycles. The molecule has 0 aromatic heterocycles. The van der Waals surface area contributed by atoms with Crippen molar-refractivity contribution in [2.45, 2.75) is 70.8 Å². The number of rotatable bonds is 4. The Morgan fingerprint density at radius 2 is 1.89 bits per heavy atom. The van der Waals surface area contributed by atoms with E-state index < -0.39 is 27.1 Å². The maximum atomic E-state index is 12.1. The van der Waals surface area contributed by atoms with Crippen LogP contribution in [0, 0.1) is 17.3 Å². The fourth-order valence-corrected chi connectivity index (χ4v) is 4.92. The normalized spacial score (nSPS) is 42.5. The molecule has 5 unspecified atom stereocenters. The van der Waals surface area contributed by atoms with Crippen LogP contribution in [0.15, 0.2) is 0 Å². The number of fused-ring (bicyclic) bond motifs is 2. The highest BCUT2D eigenvalue weighted by Crippen LogP contribution is 2.63. The maximum absolute atomic E-state index is 12.1. The standard InChI is InChI=1S/C14H26O4S/c1-6-9(2)19(16,17)18-12-8-10-7-11(13(10,3)4)14(12,5)15/h9-12,15H,6-8H2,1-5H3. The summed E-state index contributed by atoms with van der Waals surface area (Å²) in [4.78, 5) is 0. The Morgan fingerprint density at radius 1 is 1.32 bits per heavy atom. The lowest BCUT2D eigenvalue weighted by molar-refractivity contribution is -0.237. The molecule has 1 N–H and O–H groups in total. The van der Waals surface area contributed by atoms with Crippen LogP contribution in [0.2, 0.25) is 0 Å². The van der Waals surface area contributed by atoms with Crippen LogP contribution in [-0.4, -0.2) is 30.5 Å². The Hall–Kier alpha value is -0.130. The Morgan fingerprint density at radius 3 is 2.32 bits per heavy atom. The molecule has 3 aliphatic carbocycles. The van der Waals surface area contributed by atoms with Gasteiger partial charge in [0.05, 0.1) is 10.9 Å². The molecule has 4 nitrogen and oxygen atoms in total. The van der Waals surface area contributed by atoms with Crippen LogP contribution in [0.3, 0.4) is 0 Å². The van der Waals surface area contributed by atoms with Crippen LogP contribution in [0.4, 0.5) is 0 Å². The Balaban J connectivity index is 2.16. The van der Waals surface area contributed by atoms with Gasteiger partial charge in [-0.3, -0.25) is 4.18 Å². The molecule has 3 aliphatic rings. The summed E-state index contributed by atoms with van der Waals surface area (Å²) in [6, 6.07) is 0. The number of hydrogen-bond donors (Lipinski definition) is 1. The van der Waals surface area contributed by atoms with Gasteiger partial charge < -0.3 is 5.11 Å². The van der Waals surface area contributed by atoms with Gasteiger partial charge in [0.15, 0.2) is 0 Å². The van der Waals surface area contributed by atoms with E-state index in [1.54, 1.807) is 13.8 Å². The van der Waals surface area contributed by atoms with Crippen molar-refractivity contribution in [3.63, 3.8) is 0 Å². The molecule has 3 rings (SSSR count). The second-order valence-electron chi connectivity index (χ2n) is 7.06. The molecule has 0 saturated heterocycles. The first kappa shape index (κ1) is 15.3. The molecule has 112 valence electrons. The van der Waals surface area contributed by atoms with E-state index in [1.807, 2.05) is 6.92 Å². The van der Waals surface area contributed by atoms with Crippen LogP contribution in [0.25, 0.3) is 0 Å². The molecule has 5 heteroatoms. The van der Waals surface area contributed by atoms with Crippen LogP contribution in [0.1, 0.15) is 53.9 Å². The summed E-state index contributed by atoms with van der Waals surface area (Å²) in [6.45, 7) is 9.51. The monoisotopic (exact) mass is 290 g/mol. The molecule has 3 fully saturated rings. The predicted octanol–water partition coefficient (Wildman–Crippen LogP) is 2.32. The summed E-state index contributed by atoms with van der Waals surface area (Å²) < 4.78 is 29.5. The van der Waals surface area contributed by atoms with Crippen molar-refractivity contribution in [2.24, 2.45) is 17.3 Å². The Labute approximate surface area is 116 Å². The van der Waals surface area contributed by atoms with E-state index in [0.29, 0.717) is 18.8 Å². The third kappa shape index (κ3) is 2.24. The minimum absolute atomic E-state index is 0.0868. The molecule has 0 amide bonds. The van der Waals surface area contributed by atoms with Crippen molar-refractivity contribution in [3.8, 4) is 0 Å². The largest absolute Gasteiger partial charge is 0.387 e. The fraction of sp³-hybridized carbons (Fsp3) is 1.00. The van der Waals surface area contributed by atoms with Gasteiger partial charge in [-0.05, 0) is 50.4 Å². The van der Waals surface area contributed by atoms with Crippen molar-refractivity contribution in [1.82, 2.24) is 0 Å². The molecule has 2 bridgehead atoms. The summed E-state index contributed by atoms with van der Waals surface area (Å²) in [7, 11) is -3.58. The lowest BCUT2D eigenvalue weighted by Crippen LogP contribution is -2.67. The van der Waals surface area contributed by atoms with Gasteiger partial charge in [0.2, 0.25) is 0 Å². The summed E-state index contributed by atoms with van der Waals surface area (Å²) >= 11 is 0. The summed E-state index contributed by atoms with van der Waals surface area (Å²) in [5.41, 5.74) is -0.970. The van der Waals surface area contributed by atoms with Crippen molar-refractivity contribution in [3.05, 3.63) is 0 Å². The van der Waals surface area contributed by atoms with Crippen molar-refractivity contribution >= 4 is 10.1 Å². The third-order valence-electron chi connectivity index (χ3n) is 5.64. The zero-order chi connectivity index (χ0) is 14.6. The van der Waals surface area contributed by atoms with Gasteiger partial charge in [0.1, 0.15) is 6.10 Å². The average Bonchev–Trinajstić information content (AvgIpc) is 2.29. The molecule has 0 spiro atoms. The first-order valence-corrected chi connectivity index (χ1v) is 8.65. The minimum Gasteiger partial charge on any atom is -0.387 e. The number of hydrogen-bond acceptors (Lipinski definition) is 4. The average molecular weight is 290 g/mol. The Kier molecular flexibility index (Phi) is 3.56. The fourth-order valence-electron chi connectivity index (χ4n) is 3.73. The highest BCUT2D eigenvalue weighted by atomic mass is 32.2. The van der Waals surface area contributed by atoms with Gasteiger partial charge in [-0.15, -0.1) is 0 Å². The van der Waals surface area contributed by atoms with Gasteiger partial charge in [-0.2, -0.15) is 8.42 Å². The Bertz CT molecular complexity index is 452. The van der Waals surface area contributed by atoms with Crippen LogP contribution in [-0.2, 0) is 14.3 Å². The summed E-state index contributed by atoms with van der Waals surface area (Å²) in [5.74, 6) is 0.575. The van der Waals surface area contributed by atoms with E-state index in [0.717, 1.165) is 6.42 Å². The molecule has 19 heavy (non-hydrogen) atoms. The molecule has 0 aromatic carbocycles. The van der Waals surface area contributed by atoms with E-state index in [2.05, 4.69) is 13.8 Å². The second-order valence-corrected chi connectivity index (χ2v) is 9.05. The second kappa shape index (κ2) is 4.43. The quantitative estimate of drug-likeness (QED) is 0.807. The highest BCUT2D eigenvalue weighted by Gasteiger charge is 2.64. The molecule has 0 aliphatic heterocycles. The first-order chi connectivity index (χ1) is 8.53. The molecule has 0 aromatic rings. The molecule has 0 heterocycles. The zero-order valence-electron chi connectivity index (χ0n) is 12.5. The summed E-state index contributed by atoms with van der Waals surface area (Å²) in [6.07, 6.45) is 1.54. The van der Waals surface area contributed by atoms with Gasteiger partial charge >= 0.3 is 0 Å². The highest BCUT2D eigenvalue weighted by molar-refractivity contribution is 7.87. The van der Waals surface area contributed by atoms with Gasteiger partial charge in [0.25, 0.3) is 10.1 Å². The SMILES string of the molecule is CCC(C)S(=O)(=O)OC1CC2CC(C2(C)C)C1(C)O. The zero-order valence-corrected chi connectivity index (χ0v) is 13.3. The van der Waals surface area contributed by atoms with Crippen molar-refractivity contribution in [2.75, 3.05) is 0 Å².